The number of fused-ring (bicyclic) bond motifs is 1. The fourth-order valence-corrected chi connectivity index (χ4v) is 5.30. The zero-order valence-electron chi connectivity index (χ0n) is 18.4. The van der Waals surface area contributed by atoms with Crippen LogP contribution in [0.4, 0.5) is 13.2 Å². The van der Waals surface area contributed by atoms with Crippen LogP contribution < -0.4 is 0 Å². The summed E-state index contributed by atoms with van der Waals surface area (Å²) in [5.74, 6) is 0.258. The van der Waals surface area contributed by atoms with Crippen LogP contribution in [0.5, 0.6) is 0 Å². The highest BCUT2D eigenvalue weighted by Gasteiger charge is 2.35. The zero-order chi connectivity index (χ0) is 23.3. The predicted molar refractivity (Wildman–Crippen MR) is 117 cm³/mol. The number of alkyl halides is 3. The van der Waals surface area contributed by atoms with Gasteiger partial charge in [-0.2, -0.15) is 13.2 Å². The molecule has 0 bridgehead atoms. The second-order valence-corrected chi connectivity index (χ2v) is 9.85. The first kappa shape index (κ1) is 22.4. The van der Waals surface area contributed by atoms with Gasteiger partial charge < -0.3 is 9.67 Å². The van der Waals surface area contributed by atoms with Gasteiger partial charge in [0.1, 0.15) is 5.82 Å². The zero-order valence-corrected chi connectivity index (χ0v) is 18.4. The van der Waals surface area contributed by atoms with Gasteiger partial charge in [-0.3, -0.25) is 0 Å². The molecular formula is C25H27F3N2O2. The molecule has 1 N–H and O–H groups in total. The molecule has 1 fully saturated rings. The van der Waals surface area contributed by atoms with Gasteiger partial charge in [-0.15, -0.1) is 0 Å². The van der Waals surface area contributed by atoms with Crippen molar-refractivity contribution in [2.24, 2.45) is 11.3 Å². The second-order valence-electron chi connectivity index (χ2n) is 9.85. The van der Waals surface area contributed by atoms with Crippen molar-refractivity contribution in [1.29, 1.82) is 0 Å². The molecule has 3 aromatic rings. The highest BCUT2D eigenvalue weighted by molar-refractivity contribution is 5.92. The monoisotopic (exact) mass is 444 g/mol. The second kappa shape index (κ2) is 7.94. The van der Waals surface area contributed by atoms with Crippen LogP contribution in [-0.4, -0.2) is 20.6 Å². The number of carboxylic acid groups (broad SMARTS) is 1. The summed E-state index contributed by atoms with van der Waals surface area (Å²) in [5, 5.41) is 9.37. The van der Waals surface area contributed by atoms with Crippen molar-refractivity contribution in [3.05, 3.63) is 65.0 Å². The number of carboxylic acids is 1. The van der Waals surface area contributed by atoms with Crippen LogP contribution in [0.3, 0.4) is 0 Å². The van der Waals surface area contributed by atoms with E-state index in [9.17, 15) is 23.1 Å². The van der Waals surface area contributed by atoms with Crippen molar-refractivity contribution in [3.63, 3.8) is 0 Å². The van der Waals surface area contributed by atoms with Gasteiger partial charge in [0.15, 0.2) is 0 Å². The van der Waals surface area contributed by atoms with Crippen molar-refractivity contribution in [2.75, 3.05) is 0 Å². The normalized spacial score (nSPS) is 21.1. The first-order valence-electron chi connectivity index (χ1n) is 10.8. The predicted octanol–water partition coefficient (Wildman–Crippen LogP) is 6.73. The number of aromatic nitrogens is 2. The lowest BCUT2D eigenvalue weighted by molar-refractivity contribution is -0.137. The Morgan fingerprint density at radius 2 is 1.84 bits per heavy atom. The molecule has 7 heteroatoms. The number of aromatic carboxylic acids is 1. The Morgan fingerprint density at radius 3 is 2.44 bits per heavy atom. The van der Waals surface area contributed by atoms with Gasteiger partial charge in [0.2, 0.25) is 0 Å². The van der Waals surface area contributed by atoms with Crippen LogP contribution >= 0.6 is 0 Å². The summed E-state index contributed by atoms with van der Waals surface area (Å²) in [6.45, 7) is 6.75. The Labute approximate surface area is 185 Å². The van der Waals surface area contributed by atoms with Crippen LogP contribution in [-0.2, 0) is 12.6 Å². The van der Waals surface area contributed by atoms with E-state index < -0.39 is 17.7 Å². The number of imidazole rings is 1. The number of halogens is 3. The molecule has 32 heavy (non-hydrogen) atoms. The van der Waals surface area contributed by atoms with Crippen molar-refractivity contribution in [2.45, 2.75) is 58.7 Å². The average Bonchev–Trinajstić information content (AvgIpc) is 3.03. The molecule has 2 unspecified atom stereocenters. The van der Waals surface area contributed by atoms with Crippen molar-refractivity contribution >= 4 is 17.0 Å². The summed E-state index contributed by atoms with van der Waals surface area (Å²) in [4.78, 5) is 16.2. The summed E-state index contributed by atoms with van der Waals surface area (Å²) < 4.78 is 41.0. The van der Waals surface area contributed by atoms with E-state index in [4.69, 9.17) is 4.98 Å². The quantitative estimate of drug-likeness (QED) is 0.485. The SMILES string of the molecule is CC1CC(n2c(Cc3ccc(C(F)(F)F)cc3)nc3cc(C(=O)O)ccc32)CC(C)(C)C1. The lowest BCUT2D eigenvalue weighted by Gasteiger charge is -2.40. The Balaban J connectivity index is 1.78. The van der Waals surface area contributed by atoms with Gasteiger partial charge in [0, 0.05) is 12.5 Å². The van der Waals surface area contributed by atoms with E-state index in [1.807, 2.05) is 0 Å². The molecule has 4 rings (SSSR count). The minimum absolute atomic E-state index is 0.158. The molecule has 0 saturated heterocycles. The number of hydrogen-bond acceptors (Lipinski definition) is 2. The molecule has 0 spiro atoms. The Kier molecular flexibility index (Phi) is 5.55. The molecular weight excluding hydrogens is 417 g/mol. The summed E-state index contributed by atoms with van der Waals surface area (Å²) in [7, 11) is 0. The molecule has 1 heterocycles. The highest BCUT2D eigenvalue weighted by atomic mass is 19.4. The van der Waals surface area contributed by atoms with E-state index in [1.165, 1.54) is 12.1 Å². The summed E-state index contributed by atoms with van der Waals surface area (Å²) in [6, 6.07) is 10.3. The van der Waals surface area contributed by atoms with Gasteiger partial charge in [-0.25, -0.2) is 9.78 Å². The molecule has 4 nitrogen and oxygen atoms in total. The molecule has 2 atom stereocenters. The highest BCUT2D eigenvalue weighted by Crippen LogP contribution is 2.45. The topological polar surface area (TPSA) is 55.1 Å². The fourth-order valence-electron chi connectivity index (χ4n) is 5.30. The van der Waals surface area contributed by atoms with Gasteiger partial charge in [-0.1, -0.05) is 32.9 Å². The molecule has 0 radical (unpaired) electrons. The van der Waals surface area contributed by atoms with Crippen LogP contribution in [0, 0.1) is 11.3 Å². The largest absolute Gasteiger partial charge is 0.478 e. The van der Waals surface area contributed by atoms with E-state index in [-0.39, 0.29) is 17.0 Å². The van der Waals surface area contributed by atoms with Crippen LogP contribution in [0.15, 0.2) is 42.5 Å². The lowest BCUT2D eigenvalue weighted by atomic mass is 9.70. The van der Waals surface area contributed by atoms with Crippen LogP contribution in [0.25, 0.3) is 11.0 Å². The first-order valence-corrected chi connectivity index (χ1v) is 10.8. The minimum Gasteiger partial charge on any atom is -0.478 e. The molecule has 1 aromatic heterocycles. The van der Waals surface area contributed by atoms with Crippen LogP contribution in [0.1, 0.15) is 73.4 Å². The first-order chi connectivity index (χ1) is 14.9. The standard InChI is InChI=1S/C25H27F3N2O2/c1-15-10-19(14-24(2,3)13-15)30-21-9-6-17(23(31)32)12-20(21)29-22(30)11-16-4-7-18(8-5-16)25(26,27)28/h4-9,12,15,19H,10-11,13-14H2,1-3H3,(H,31,32). The maximum atomic E-state index is 12.9. The number of hydrogen-bond donors (Lipinski definition) is 1. The van der Waals surface area contributed by atoms with Crippen LogP contribution in [0.2, 0.25) is 0 Å². The van der Waals surface area contributed by atoms with Crippen molar-refractivity contribution in [1.82, 2.24) is 9.55 Å². The van der Waals surface area contributed by atoms with Crippen molar-refractivity contribution < 1.29 is 23.1 Å². The molecule has 1 aliphatic rings. The Bertz CT molecular complexity index is 1150. The summed E-state index contributed by atoms with van der Waals surface area (Å²) in [6.07, 6.45) is -0.921. The smallest absolute Gasteiger partial charge is 0.416 e. The lowest BCUT2D eigenvalue weighted by Crippen LogP contribution is -2.30. The molecule has 0 amide bonds. The number of carbonyl (C=O) groups is 1. The van der Waals surface area contributed by atoms with Gasteiger partial charge >= 0.3 is 12.1 Å². The molecule has 0 aliphatic heterocycles. The van der Waals surface area contributed by atoms with Crippen molar-refractivity contribution in [3.8, 4) is 0 Å². The number of benzene rings is 2. The van der Waals surface area contributed by atoms with E-state index in [0.717, 1.165) is 48.3 Å². The van der Waals surface area contributed by atoms with E-state index in [2.05, 4.69) is 25.3 Å². The maximum Gasteiger partial charge on any atom is 0.416 e. The Morgan fingerprint density at radius 1 is 1.16 bits per heavy atom. The minimum atomic E-state index is -4.37. The summed E-state index contributed by atoms with van der Waals surface area (Å²) in [5.41, 5.74) is 1.85. The van der Waals surface area contributed by atoms with Gasteiger partial charge in [0.05, 0.1) is 22.2 Å². The van der Waals surface area contributed by atoms with Gasteiger partial charge in [-0.05, 0) is 66.5 Å². The molecule has 1 saturated carbocycles. The fraction of sp³-hybridized carbons (Fsp3) is 0.440. The van der Waals surface area contributed by atoms with Gasteiger partial charge in [0.25, 0.3) is 0 Å². The summed E-state index contributed by atoms with van der Waals surface area (Å²) >= 11 is 0. The maximum absolute atomic E-state index is 12.9. The van der Waals surface area contributed by atoms with E-state index >= 15 is 0 Å². The third kappa shape index (κ3) is 4.52. The number of nitrogens with zero attached hydrogens (tertiary/aromatic N) is 2. The third-order valence-electron chi connectivity index (χ3n) is 6.38. The van der Waals surface area contributed by atoms with E-state index in [0.29, 0.717) is 17.9 Å². The molecule has 1 aliphatic carbocycles. The Hall–Kier alpha value is -2.83. The molecule has 170 valence electrons. The molecule has 2 aromatic carbocycles. The average molecular weight is 444 g/mol. The third-order valence-corrected chi connectivity index (χ3v) is 6.38. The number of rotatable bonds is 4. The van der Waals surface area contributed by atoms with E-state index in [1.54, 1.807) is 18.2 Å².